The lowest BCUT2D eigenvalue weighted by molar-refractivity contribution is -0.139. The number of nitrogen functional groups attached to an aromatic ring is 1. The van der Waals surface area contributed by atoms with Gasteiger partial charge < -0.3 is 16.2 Å². The molecular weight excluding hydrogens is 300 g/mol. The summed E-state index contributed by atoms with van der Waals surface area (Å²) in [5.74, 6) is 0.476. The highest BCUT2D eigenvalue weighted by Gasteiger charge is 2.20. The number of amides is 1. The minimum atomic E-state index is -1.18. The third kappa shape index (κ3) is 3.50. The maximum absolute atomic E-state index is 11.9. The number of rotatable bonds is 4. The van der Waals surface area contributed by atoms with Gasteiger partial charge in [-0.3, -0.25) is 4.79 Å². The van der Waals surface area contributed by atoms with Gasteiger partial charge in [0.2, 0.25) is 0 Å². The average Bonchev–Trinajstić information content (AvgIpc) is 2.31. The molecule has 0 aromatic heterocycles. The molecule has 1 unspecified atom stereocenters. The Labute approximate surface area is 112 Å². The molecule has 0 aliphatic rings. The second kappa shape index (κ2) is 6.07. The zero-order chi connectivity index (χ0) is 13.7. The summed E-state index contributed by atoms with van der Waals surface area (Å²) in [4.78, 5) is 22.7. The van der Waals surface area contributed by atoms with E-state index in [1.807, 2.05) is 0 Å². The van der Waals surface area contributed by atoms with Crippen LogP contribution < -0.4 is 11.1 Å². The zero-order valence-corrected chi connectivity index (χ0v) is 10.9. The highest BCUT2D eigenvalue weighted by Crippen LogP contribution is 2.19. The molecule has 0 radical (unpaired) electrons. The molecule has 94 valence electrons. The van der Waals surface area contributed by atoms with Crippen molar-refractivity contribution in [1.82, 2.24) is 5.32 Å². The highest BCUT2D eigenvalue weighted by atomic mass is 79.9. The summed E-state index contributed by atoms with van der Waals surface area (Å²) in [6.07, 6.45) is 4.96. The molecule has 0 spiro atoms. The lowest BCUT2D eigenvalue weighted by atomic mass is 10.1. The summed E-state index contributed by atoms with van der Waals surface area (Å²) in [5.41, 5.74) is 6.24. The predicted octanol–water partition coefficient (Wildman–Crippen LogP) is 1.24. The van der Waals surface area contributed by atoms with E-state index >= 15 is 0 Å². The minimum absolute atomic E-state index is 0.0823. The number of terminal acetylenes is 1. The van der Waals surface area contributed by atoms with Crippen LogP contribution in [-0.2, 0) is 4.79 Å². The number of aliphatic carboxylic acids is 1. The van der Waals surface area contributed by atoms with Crippen molar-refractivity contribution in [3.8, 4) is 12.3 Å². The average molecular weight is 311 g/mol. The molecule has 0 saturated heterocycles. The summed E-state index contributed by atoms with van der Waals surface area (Å²) in [6.45, 7) is 0. The van der Waals surface area contributed by atoms with Crippen molar-refractivity contribution >= 4 is 33.5 Å². The molecule has 1 amide bonds. The van der Waals surface area contributed by atoms with E-state index in [1.54, 1.807) is 12.1 Å². The van der Waals surface area contributed by atoms with E-state index in [0.29, 0.717) is 10.2 Å². The van der Waals surface area contributed by atoms with E-state index in [9.17, 15) is 9.59 Å². The number of halogens is 1. The second-order valence-corrected chi connectivity index (χ2v) is 4.37. The van der Waals surface area contributed by atoms with E-state index in [-0.39, 0.29) is 12.0 Å². The van der Waals surface area contributed by atoms with Crippen molar-refractivity contribution in [3.05, 3.63) is 28.2 Å². The van der Waals surface area contributed by atoms with E-state index in [4.69, 9.17) is 17.3 Å². The fourth-order valence-corrected chi connectivity index (χ4v) is 1.70. The van der Waals surface area contributed by atoms with Crippen LogP contribution >= 0.6 is 15.9 Å². The van der Waals surface area contributed by atoms with Gasteiger partial charge in [-0.25, -0.2) is 4.79 Å². The van der Waals surface area contributed by atoms with Crippen LogP contribution in [0.3, 0.4) is 0 Å². The number of carbonyl (C=O) groups is 2. The van der Waals surface area contributed by atoms with Gasteiger partial charge in [-0.05, 0) is 34.1 Å². The van der Waals surface area contributed by atoms with Crippen molar-refractivity contribution in [2.45, 2.75) is 12.5 Å². The molecule has 0 fully saturated rings. The summed E-state index contributed by atoms with van der Waals surface area (Å²) in [7, 11) is 0. The van der Waals surface area contributed by atoms with Crippen molar-refractivity contribution < 1.29 is 14.7 Å². The van der Waals surface area contributed by atoms with Crippen LogP contribution in [0.4, 0.5) is 5.69 Å². The van der Waals surface area contributed by atoms with E-state index < -0.39 is 17.9 Å². The van der Waals surface area contributed by atoms with Crippen LogP contribution in [0.1, 0.15) is 16.8 Å². The first-order chi connectivity index (χ1) is 8.45. The van der Waals surface area contributed by atoms with Crippen LogP contribution in [0.15, 0.2) is 22.7 Å². The summed E-state index contributed by atoms with van der Waals surface area (Å²) in [5, 5.41) is 11.2. The topological polar surface area (TPSA) is 92.4 Å². The van der Waals surface area contributed by atoms with Crippen LogP contribution in [0.25, 0.3) is 0 Å². The molecule has 4 N–H and O–H groups in total. The van der Waals surface area contributed by atoms with Crippen LogP contribution in [0.2, 0.25) is 0 Å². The fraction of sp³-hybridized carbons (Fsp3) is 0.167. The van der Waals surface area contributed by atoms with Crippen LogP contribution in [0.5, 0.6) is 0 Å². The van der Waals surface area contributed by atoms with Crippen LogP contribution in [-0.4, -0.2) is 23.0 Å². The Hall–Kier alpha value is -2.00. The number of carboxylic acid groups (broad SMARTS) is 1. The molecule has 5 nitrogen and oxygen atoms in total. The number of nitrogens with two attached hydrogens (primary N) is 1. The number of carboxylic acids is 1. The van der Waals surface area contributed by atoms with E-state index in [2.05, 4.69) is 27.2 Å². The quantitative estimate of drug-likeness (QED) is 0.576. The number of benzene rings is 1. The molecule has 1 atom stereocenters. The largest absolute Gasteiger partial charge is 0.480 e. The summed E-state index contributed by atoms with van der Waals surface area (Å²) >= 11 is 3.19. The van der Waals surface area contributed by atoms with Gasteiger partial charge in [0, 0.05) is 16.6 Å². The number of hydrogen-bond acceptors (Lipinski definition) is 3. The second-order valence-electron chi connectivity index (χ2n) is 3.51. The van der Waals surface area contributed by atoms with E-state index in [0.717, 1.165) is 0 Å². The van der Waals surface area contributed by atoms with Crippen molar-refractivity contribution in [2.75, 3.05) is 5.73 Å². The predicted molar refractivity (Wildman–Crippen MR) is 70.9 cm³/mol. The van der Waals surface area contributed by atoms with Crippen molar-refractivity contribution in [2.24, 2.45) is 0 Å². The van der Waals surface area contributed by atoms with E-state index in [1.165, 1.54) is 6.07 Å². The molecule has 1 aromatic rings. The first-order valence-corrected chi connectivity index (χ1v) is 5.77. The Morgan fingerprint density at radius 3 is 2.78 bits per heavy atom. The highest BCUT2D eigenvalue weighted by molar-refractivity contribution is 9.10. The van der Waals surface area contributed by atoms with Gasteiger partial charge in [0.15, 0.2) is 0 Å². The van der Waals surface area contributed by atoms with Gasteiger partial charge in [-0.2, -0.15) is 0 Å². The minimum Gasteiger partial charge on any atom is -0.480 e. The number of carbonyl (C=O) groups excluding carboxylic acids is 1. The molecular formula is C12H11BrN2O3. The first-order valence-electron chi connectivity index (χ1n) is 4.98. The Morgan fingerprint density at radius 2 is 2.22 bits per heavy atom. The number of anilines is 1. The normalized spacial score (nSPS) is 11.3. The standard InChI is InChI=1S/C12H11BrN2O3/c1-2-3-10(12(17)18)15-11(16)8-6-7(14)4-5-9(8)13/h1,4-6,10H,3,14H2,(H,15,16)(H,17,18). The summed E-state index contributed by atoms with van der Waals surface area (Å²) < 4.78 is 0.527. The molecule has 0 saturated carbocycles. The van der Waals surface area contributed by atoms with Crippen molar-refractivity contribution in [3.63, 3.8) is 0 Å². The molecule has 1 aromatic carbocycles. The van der Waals surface area contributed by atoms with Crippen LogP contribution in [0, 0.1) is 12.3 Å². The van der Waals surface area contributed by atoms with Gasteiger partial charge in [0.05, 0.1) is 5.56 Å². The molecule has 0 heterocycles. The SMILES string of the molecule is C#CCC(NC(=O)c1cc(N)ccc1Br)C(=O)O. The maximum atomic E-state index is 11.9. The zero-order valence-electron chi connectivity index (χ0n) is 9.31. The first kappa shape index (κ1) is 14.1. The molecule has 18 heavy (non-hydrogen) atoms. The monoisotopic (exact) mass is 310 g/mol. The maximum Gasteiger partial charge on any atom is 0.327 e. The van der Waals surface area contributed by atoms with Gasteiger partial charge in [0.1, 0.15) is 6.04 Å². The fourth-order valence-electron chi connectivity index (χ4n) is 1.27. The molecule has 0 aliphatic carbocycles. The Balaban J connectivity index is 2.91. The lowest BCUT2D eigenvalue weighted by Gasteiger charge is -2.12. The smallest absolute Gasteiger partial charge is 0.327 e. The third-order valence-corrected chi connectivity index (χ3v) is 2.85. The molecule has 0 bridgehead atoms. The Kier molecular flexibility index (Phi) is 4.75. The number of nitrogens with one attached hydrogen (secondary N) is 1. The Morgan fingerprint density at radius 1 is 1.56 bits per heavy atom. The number of hydrogen-bond donors (Lipinski definition) is 3. The van der Waals surface area contributed by atoms with Gasteiger partial charge in [0.25, 0.3) is 5.91 Å². The van der Waals surface area contributed by atoms with Gasteiger partial charge >= 0.3 is 5.97 Å². The lowest BCUT2D eigenvalue weighted by Crippen LogP contribution is -2.40. The molecule has 6 heteroatoms. The van der Waals surface area contributed by atoms with Crippen molar-refractivity contribution in [1.29, 1.82) is 0 Å². The van der Waals surface area contributed by atoms with Gasteiger partial charge in [-0.15, -0.1) is 12.3 Å². The Bertz CT molecular complexity index is 523. The molecule has 0 aliphatic heterocycles. The molecule has 1 rings (SSSR count). The summed E-state index contributed by atoms with van der Waals surface area (Å²) in [6, 6.07) is 3.57. The van der Waals surface area contributed by atoms with Gasteiger partial charge in [-0.1, -0.05) is 0 Å². The third-order valence-electron chi connectivity index (χ3n) is 2.16.